The van der Waals surface area contributed by atoms with Crippen LogP contribution in [0.5, 0.6) is 0 Å². The van der Waals surface area contributed by atoms with Crippen molar-refractivity contribution in [3.8, 4) is 0 Å². The van der Waals surface area contributed by atoms with Crippen molar-refractivity contribution in [2.24, 2.45) is 7.05 Å². The van der Waals surface area contributed by atoms with Crippen LogP contribution in [0.3, 0.4) is 0 Å². The van der Waals surface area contributed by atoms with Crippen molar-refractivity contribution >= 4 is 11.9 Å². The Balaban J connectivity index is 2.07. The van der Waals surface area contributed by atoms with E-state index < -0.39 is 5.97 Å². The number of amides is 1. The van der Waals surface area contributed by atoms with Gasteiger partial charge in [-0.05, 0) is 12.1 Å². The number of nitrogens with zero attached hydrogens (tertiary/aromatic N) is 5. The van der Waals surface area contributed by atoms with Gasteiger partial charge in [-0.3, -0.25) is 19.0 Å². The molecule has 0 saturated carbocycles. The van der Waals surface area contributed by atoms with Gasteiger partial charge in [0.05, 0.1) is 25.2 Å². The SMILES string of the molecule is CN(Cc1ccnn1C)C(=O)c1ccnn1CCC(=O)O. The highest BCUT2D eigenvalue weighted by Gasteiger charge is 2.18. The van der Waals surface area contributed by atoms with Crippen molar-refractivity contribution in [2.45, 2.75) is 19.5 Å². The van der Waals surface area contributed by atoms with Gasteiger partial charge in [0.25, 0.3) is 5.91 Å². The second kappa shape index (κ2) is 6.21. The van der Waals surface area contributed by atoms with E-state index in [0.717, 1.165) is 5.69 Å². The maximum atomic E-state index is 12.4. The maximum absolute atomic E-state index is 12.4. The van der Waals surface area contributed by atoms with Gasteiger partial charge in [0.2, 0.25) is 0 Å². The van der Waals surface area contributed by atoms with E-state index >= 15 is 0 Å². The van der Waals surface area contributed by atoms with E-state index in [-0.39, 0.29) is 18.9 Å². The van der Waals surface area contributed by atoms with Crippen LogP contribution in [0.25, 0.3) is 0 Å². The van der Waals surface area contributed by atoms with E-state index in [1.165, 1.54) is 10.9 Å². The molecule has 2 aromatic rings. The first-order valence-corrected chi connectivity index (χ1v) is 6.45. The number of aromatic nitrogens is 4. The van der Waals surface area contributed by atoms with E-state index in [4.69, 9.17) is 5.11 Å². The standard InChI is InChI=1S/C13H17N5O3/c1-16(9-10-3-6-14-17(10)2)13(21)11-4-7-15-18(11)8-5-12(19)20/h3-4,6-7H,5,8-9H2,1-2H3,(H,19,20). The normalized spacial score (nSPS) is 10.6. The Labute approximate surface area is 121 Å². The van der Waals surface area contributed by atoms with Gasteiger partial charge in [-0.25, -0.2) is 0 Å². The molecular formula is C13H17N5O3. The van der Waals surface area contributed by atoms with Crippen LogP contribution in [-0.2, 0) is 24.9 Å². The van der Waals surface area contributed by atoms with Gasteiger partial charge in [0.1, 0.15) is 5.69 Å². The molecule has 0 aliphatic carbocycles. The van der Waals surface area contributed by atoms with Gasteiger partial charge in [-0.15, -0.1) is 0 Å². The van der Waals surface area contributed by atoms with Gasteiger partial charge >= 0.3 is 5.97 Å². The maximum Gasteiger partial charge on any atom is 0.305 e. The lowest BCUT2D eigenvalue weighted by atomic mass is 10.3. The monoisotopic (exact) mass is 291 g/mol. The number of carbonyl (C=O) groups excluding carboxylic acids is 1. The summed E-state index contributed by atoms with van der Waals surface area (Å²) in [7, 11) is 3.49. The van der Waals surface area contributed by atoms with Crippen LogP contribution < -0.4 is 0 Å². The second-order valence-electron chi connectivity index (χ2n) is 4.69. The third-order valence-electron chi connectivity index (χ3n) is 3.14. The lowest BCUT2D eigenvalue weighted by molar-refractivity contribution is -0.137. The zero-order chi connectivity index (χ0) is 15.4. The zero-order valence-electron chi connectivity index (χ0n) is 11.9. The molecule has 1 amide bonds. The Hall–Kier alpha value is -2.64. The fourth-order valence-corrected chi connectivity index (χ4v) is 1.96. The predicted molar refractivity (Wildman–Crippen MR) is 73.5 cm³/mol. The third-order valence-corrected chi connectivity index (χ3v) is 3.14. The molecule has 0 spiro atoms. The van der Waals surface area contributed by atoms with Crippen molar-refractivity contribution in [1.29, 1.82) is 0 Å². The molecule has 0 atom stereocenters. The van der Waals surface area contributed by atoms with Gasteiger partial charge in [-0.1, -0.05) is 0 Å². The minimum Gasteiger partial charge on any atom is -0.481 e. The highest BCUT2D eigenvalue weighted by molar-refractivity contribution is 5.92. The first-order chi connectivity index (χ1) is 9.99. The first-order valence-electron chi connectivity index (χ1n) is 6.45. The Morgan fingerprint density at radius 1 is 1.29 bits per heavy atom. The molecule has 0 aliphatic rings. The number of hydrogen-bond acceptors (Lipinski definition) is 4. The lowest BCUT2D eigenvalue weighted by Gasteiger charge is -2.17. The molecule has 8 heteroatoms. The number of carboxylic acid groups (broad SMARTS) is 1. The summed E-state index contributed by atoms with van der Waals surface area (Å²) in [6.07, 6.45) is 3.09. The van der Waals surface area contributed by atoms with Crippen LogP contribution in [0.15, 0.2) is 24.5 Å². The van der Waals surface area contributed by atoms with Gasteiger partial charge in [-0.2, -0.15) is 10.2 Å². The van der Waals surface area contributed by atoms with E-state index in [0.29, 0.717) is 12.2 Å². The molecule has 21 heavy (non-hydrogen) atoms. The molecule has 0 radical (unpaired) electrons. The van der Waals surface area contributed by atoms with Crippen molar-refractivity contribution in [1.82, 2.24) is 24.5 Å². The van der Waals surface area contributed by atoms with Crippen molar-refractivity contribution in [2.75, 3.05) is 7.05 Å². The molecule has 8 nitrogen and oxygen atoms in total. The van der Waals surface area contributed by atoms with Crippen molar-refractivity contribution in [3.63, 3.8) is 0 Å². The van der Waals surface area contributed by atoms with E-state index in [9.17, 15) is 9.59 Å². The summed E-state index contributed by atoms with van der Waals surface area (Å²) in [5, 5.41) is 16.8. The average Bonchev–Trinajstić information content (AvgIpc) is 3.05. The van der Waals surface area contributed by atoms with Crippen LogP contribution in [-0.4, -0.2) is 48.5 Å². The summed E-state index contributed by atoms with van der Waals surface area (Å²) in [4.78, 5) is 24.6. The van der Waals surface area contributed by atoms with Gasteiger partial charge in [0.15, 0.2) is 0 Å². The molecule has 2 rings (SSSR count). The number of aliphatic carboxylic acids is 1. The fraction of sp³-hybridized carbons (Fsp3) is 0.385. The molecule has 0 saturated heterocycles. The Morgan fingerprint density at radius 2 is 2.00 bits per heavy atom. The fourth-order valence-electron chi connectivity index (χ4n) is 1.96. The summed E-state index contributed by atoms with van der Waals surface area (Å²) in [6.45, 7) is 0.586. The highest BCUT2D eigenvalue weighted by Crippen LogP contribution is 2.08. The Morgan fingerprint density at radius 3 is 2.62 bits per heavy atom. The van der Waals surface area contributed by atoms with Gasteiger partial charge in [0, 0.05) is 26.5 Å². The Bertz CT molecular complexity index is 646. The van der Waals surface area contributed by atoms with Crippen molar-refractivity contribution < 1.29 is 14.7 Å². The summed E-state index contributed by atoms with van der Waals surface area (Å²) in [5.41, 5.74) is 1.28. The van der Waals surface area contributed by atoms with Crippen LogP contribution in [0.2, 0.25) is 0 Å². The highest BCUT2D eigenvalue weighted by atomic mass is 16.4. The van der Waals surface area contributed by atoms with E-state index in [1.807, 2.05) is 13.1 Å². The molecule has 1 N–H and O–H groups in total. The van der Waals surface area contributed by atoms with Crippen LogP contribution in [0, 0.1) is 0 Å². The number of carbonyl (C=O) groups is 2. The molecule has 112 valence electrons. The summed E-state index contributed by atoms with van der Waals surface area (Å²) >= 11 is 0. The molecule has 0 unspecified atom stereocenters. The molecular weight excluding hydrogens is 274 g/mol. The number of aryl methyl sites for hydroxylation is 2. The van der Waals surface area contributed by atoms with E-state index in [1.54, 1.807) is 28.9 Å². The average molecular weight is 291 g/mol. The van der Waals surface area contributed by atoms with Gasteiger partial charge < -0.3 is 10.0 Å². The summed E-state index contributed by atoms with van der Waals surface area (Å²) in [6, 6.07) is 3.43. The second-order valence-corrected chi connectivity index (χ2v) is 4.69. The molecule has 2 aromatic heterocycles. The summed E-state index contributed by atoms with van der Waals surface area (Å²) < 4.78 is 3.11. The van der Waals surface area contributed by atoms with Crippen LogP contribution in [0.1, 0.15) is 22.6 Å². The summed E-state index contributed by atoms with van der Waals surface area (Å²) in [5.74, 6) is -1.13. The lowest BCUT2D eigenvalue weighted by Crippen LogP contribution is -2.29. The molecule has 2 heterocycles. The van der Waals surface area contributed by atoms with Crippen LogP contribution >= 0.6 is 0 Å². The molecule has 0 bridgehead atoms. The molecule has 0 aromatic carbocycles. The predicted octanol–water partition coefficient (Wildman–Crippen LogP) is 0.363. The quantitative estimate of drug-likeness (QED) is 0.829. The van der Waals surface area contributed by atoms with Crippen molar-refractivity contribution in [3.05, 3.63) is 35.9 Å². The molecule has 0 aliphatic heterocycles. The minimum absolute atomic E-state index is 0.0760. The molecule has 0 fully saturated rings. The largest absolute Gasteiger partial charge is 0.481 e. The third kappa shape index (κ3) is 3.47. The smallest absolute Gasteiger partial charge is 0.305 e. The topological polar surface area (TPSA) is 93.3 Å². The zero-order valence-corrected chi connectivity index (χ0v) is 11.9. The van der Waals surface area contributed by atoms with Crippen LogP contribution in [0.4, 0.5) is 0 Å². The minimum atomic E-state index is -0.924. The number of rotatable bonds is 6. The number of hydrogen-bond donors (Lipinski definition) is 1. The first kappa shape index (κ1) is 14.8. The van der Waals surface area contributed by atoms with E-state index in [2.05, 4.69) is 10.2 Å². The Kier molecular flexibility index (Phi) is 4.36. The number of carboxylic acids is 1.